The number of esters is 1. The van der Waals surface area contributed by atoms with Gasteiger partial charge in [-0.15, -0.1) is 0 Å². The number of aryl methyl sites for hydroxylation is 1. The van der Waals surface area contributed by atoms with Crippen molar-refractivity contribution in [1.29, 1.82) is 0 Å². The number of nitro benzene ring substituents is 1. The molecule has 21 heavy (non-hydrogen) atoms. The van der Waals surface area contributed by atoms with Crippen LogP contribution in [0.1, 0.15) is 11.1 Å². The molecular weight excluding hydrogens is 280 g/mol. The average Bonchev–Trinajstić information content (AvgIpc) is 2.42. The van der Waals surface area contributed by atoms with Gasteiger partial charge in [0.25, 0.3) is 11.6 Å². The number of nitrogens with zero attached hydrogens (tertiary/aromatic N) is 1. The highest BCUT2D eigenvalue weighted by atomic mass is 16.6. The lowest BCUT2D eigenvalue weighted by atomic mass is 10.1. The predicted octanol–water partition coefficient (Wildman–Crippen LogP) is 1.34. The van der Waals surface area contributed by atoms with Crippen LogP contribution in [0, 0.1) is 24.0 Å². The van der Waals surface area contributed by atoms with E-state index in [1.54, 1.807) is 19.9 Å². The van der Waals surface area contributed by atoms with E-state index in [0.29, 0.717) is 5.56 Å². The summed E-state index contributed by atoms with van der Waals surface area (Å²) in [4.78, 5) is 33.2. The van der Waals surface area contributed by atoms with Crippen LogP contribution in [0.25, 0.3) is 0 Å². The van der Waals surface area contributed by atoms with Gasteiger partial charge in [0.05, 0.1) is 4.92 Å². The number of nitrogens with one attached hydrogen (secondary N) is 1. The Morgan fingerprint density at radius 1 is 1.29 bits per heavy atom. The van der Waals surface area contributed by atoms with Crippen LogP contribution in [0.2, 0.25) is 0 Å². The second-order valence-electron chi connectivity index (χ2n) is 4.30. The molecule has 0 saturated carbocycles. The first-order valence-corrected chi connectivity index (χ1v) is 6.05. The predicted molar refractivity (Wildman–Crippen MR) is 74.0 cm³/mol. The SMILES string of the molecule is COCC(=O)OCC(=O)Nc1c([N+](=O)[O-])ccc(C)c1C. The highest BCUT2D eigenvalue weighted by molar-refractivity contribution is 5.96. The minimum Gasteiger partial charge on any atom is -0.454 e. The number of benzene rings is 1. The summed E-state index contributed by atoms with van der Waals surface area (Å²) in [7, 11) is 1.32. The zero-order valence-electron chi connectivity index (χ0n) is 12.0. The minimum atomic E-state index is -0.692. The number of carbonyl (C=O) groups excluding carboxylic acids is 2. The lowest BCUT2D eigenvalue weighted by Gasteiger charge is -2.11. The minimum absolute atomic E-state index is 0.104. The summed E-state index contributed by atoms with van der Waals surface area (Å²) >= 11 is 0. The molecule has 8 heteroatoms. The average molecular weight is 296 g/mol. The molecular formula is C13H16N2O6. The van der Waals surface area contributed by atoms with Crippen LogP contribution in [0.4, 0.5) is 11.4 Å². The first kappa shape index (κ1) is 16.6. The van der Waals surface area contributed by atoms with Gasteiger partial charge >= 0.3 is 5.97 Å². The maximum absolute atomic E-state index is 11.7. The third kappa shape index (κ3) is 4.53. The van der Waals surface area contributed by atoms with Gasteiger partial charge in [0.15, 0.2) is 6.61 Å². The van der Waals surface area contributed by atoms with E-state index in [0.717, 1.165) is 5.56 Å². The van der Waals surface area contributed by atoms with Crippen molar-refractivity contribution in [3.8, 4) is 0 Å². The zero-order valence-corrected chi connectivity index (χ0v) is 12.0. The summed E-state index contributed by atoms with van der Waals surface area (Å²) in [6.45, 7) is 2.63. The van der Waals surface area contributed by atoms with Gasteiger partial charge in [0.1, 0.15) is 12.3 Å². The van der Waals surface area contributed by atoms with Crippen molar-refractivity contribution in [2.45, 2.75) is 13.8 Å². The van der Waals surface area contributed by atoms with Gasteiger partial charge in [0, 0.05) is 13.2 Å². The lowest BCUT2D eigenvalue weighted by Crippen LogP contribution is -2.23. The van der Waals surface area contributed by atoms with Crippen molar-refractivity contribution in [1.82, 2.24) is 0 Å². The summed E-state index contributed by atoms with van der Waals surface area (Å²) < 4.78 is 9.19. The monoisotopic (exact) mass is 296 g/mol. The Balaban J connectivity index is 2.82. The number of hydrogen-bond acceptors (Lipinski definition) is 6. The smallest absolute Gasteiger partial charge is 0.332 e. The van der Waals surface area contributed by atoms with Crippen LogP contribution < -0.4 is 5.32 Å². The summed E-state index contributed by atoms with van der Waals surface area (Å²) in [6.07, 6.45) is 0. The second-order valence-corrected chi connectivity index (χ2v) is 4.30. The number of rotatable bonds is 6. The van der Waals surface area contributed by atoms with Gasteiger partial charge in [-0.1, -0.05) is 6.07 Å². The van der Waals surface area contributed by atoms with Gasteiger partial charge in [-0.3, -0.25) is 14.9 Å². The van der Waals surface area contributed by atoms with Crippen LogP contribution in [0.15, 0.2) is 12.1 Å². The fourth-order valence-corrected chi connectivity index (χ4v) is 1.59. The molecule has 0 aromatic heterocycles. The fraction of sp³-hybridized carbons (Fsp3) is 0.385. The summed E-state index contributed by atoms with van der Waals surface area (Å²) in [5.41, 5.74) is 1.27. The Hall–Kier alpha value is -2.48. The van der Waals surface area contributed by atoms with Crippen LogP contribution in [-0.4, -0.2) is 37.1 Å². The third-order valence-corrected chi connectivity index (χ3v) is 2.80. The first-order valence-electron chi connectivity index (χ1n) is 6.05. The Morgan fingerprint density at radius 2 is 1.95 bits per heavy atom. The number of methoxy groups -OCH3 is 1. The maximum atomic E-state index is 11.7. The Bertz CT molecular complexity index is 570. The van der Waals surface area contributed by atoms with Crippen molar-refractivity contribution in [3.63, 3.8) is 0 Å². The van der Waals surface area contributed by atoms with E-state index < -0.39 is 23.4 Å². The molecule has 1 aromatic rings. The number of ether oxygens (including phenoxy) is 2. The Kier molecular flexibility index (Phi) is 5.79. The number of carbonyl (C=O) groups is 2. The van der Waals surface area contributed by atoms with Crippen LogP contribution in [0.5, 0.6) is 0 Å². The number of hydrogen-bond donors (Lipinski definition) is 1. The normalized spacial score (nSPS) is 10.0. The number of anilines is 1. The molecule has 1 aromatic carbocycles. The van der Waals surface area contributed by atoms with E-state index in [2.05, 4.69) is 14.8 Å². The highest BCUT2D eigenvalue weighted by Crippen LogP contribution is 2.30. The van der Waals surface area contributed by atoms with E-state index >= 15 is 0 Å². The largest absolute Gasteiger partial charge is 0.454 e. The second kappa shape index (κ2) is 7.34. The molecule has 114 valence electrons. The number of amides is 1. The van der Waals surface area contributed by atoms with Crippen LogP contribution >= 0.6 is 0 Å². The molecule has 1 rings (SSSR count). The van der Waals surface area contributed by atoms with E-state index in [-0.39, 0.29) is 18.0 Å². The van der Waals surface area contributed by atoms with Crippen LogP contribution in [0.3, 0.4) is 0 Å². The Morgan fingerprint density at radius 3 is 2.52 bits per heavy atom. The molecule has 0 aliphatic carbocycles. The van der Waals surface area contributed by atoms with Crippen molar-refractivity contribution in [3.05, 3.63) is 33.4 Å². The van der Waals surface area contributed by atoms with Crippen molar-refractivity contribution < 1.29 is 24.0 Å². The van der Waals surface area contributed by atoms with Gasteiger partial charge in [-0.05, 0) is 25.0 Å². The highest BCUT2D eigenvalue weighted by Gasteiger charge is 2.19. The summed E-state index contributed by atoms with van der Waals surface area (Å²) in [5, 5.41) is 13.4. The topological polar surface area (TPSA) is 108 Å². The molecule has 0 bridgehead atoms. The van der Waals surface area contributed by atoms with E-state index in [1.165, 1.54) is 13.2 Å². The first-order chi connectivity index (χ1) is 9.86. The maximum Gasteiger partial charge on any atom is 0.332 e. The standard InChI is InChI=1S/C13H16N2O6/c1-8-4-5-10(15(18)19)13(9(8)2)14-11(16)6-21-12(17)7-20-3/h4-5H,6-7H2,1-3H3,(H,14,16). The molecule has 1 N–H and O–H groups in total. The lowest BCUT2D eigenvalue weighted by molar-refractivity contribution is -0.384. The molecule has 0 radical (unpaired) electrons. The molecule has 0 saturated heterocycles. The fourth-order valence-electron chi connectivity index (χ4n) is 1.59. The van der Waals surface area contributed by atoms with E-state index in [4.69, 9.17) is 0 Å². The van der Waals surface area contributed by atoms with Crippen LogP contribution in [-0.2, 0) is 19.1 Å². The Labute approximate surface area is 121 Å². The van der Waals surface area contributed by atoms with E-state index in [1.807, 2.05) is 0 Å². The molecule has 0 aliphatic heterocycles. The molecule has 1 amide bonds. The quantitative estimate of drug-likeness (QED) is 0.482. The summed E-state index contributed by atoms with van der Waals surface area (Å²) in [6, 6.07) is 2.91. The molecule has 0 unspecified atom stereocenters. The molecule has 0 atom stereocenters. The molecule has 0 heterocycles. The van der Waals surface area contributed by atoms with Crippen molar-refractivity contribution in [2.24, 2.45) is 0 Å². The van der Waals surface area contributed by atoms with Gasteiger partial charge in [0.2, 0.25) is 0 Å². The molecule has 8 nitrogen and oxygen atoms in total. The molecule has 0 spiro atoms. The van der Waals surface area contributed by atoms with Crippen molar-refractivity contribution >= 4 is 23.3 Å². The van der Waals surface area contributed by atoms with Gasteiger partial charge < -0.3 is 14.8 Å². The molecule has 0 aliphatic rings. The van der Waals surface area contributed by atoms with E-state index in [9.17, 15) is 19.7 Å². The molecule has 0 fully saturated rings. The van der Waals surface area contributed by atoms with Gasteiger partial charge in [-0.2, -0.15) is 0 Å². The summed E-state index contributed by atoms with van der Waals surface area (Å²) in [5.74, 6) is -1.35. The number of nitro groups is 1. The van der Waals surface area contributed by atoms with Gasteiger partial charge in [-0.25, -0.2) is 4.79 Å². The van der Waals surface area contributed by atoms with Crippen molar-refractivity contribution in [2.75, 3.05) is 25.6 Å². The zero-order chi connectivity index (χ0) is 16.0. The third-order valence-electron chi connectivity index (χ3n) is 2.80.